The first-order chi connectivity index (χ1) is 7.36. The second-order valence-corrected chi connectivity index (χ2v) is 4.26. The highest BCUT2D eigenvalue weighted by atomic mass is 16.5. The predicted molar refractivity (Wildman–Crippen MR) is 64.1 cm³/mol. The molecule has 0 bridgehead atoms. The molecule has 0 amide bonds. The number of likely N-dealkylation sites (tertiary alicyclic amines) is 1. The van der Waals surface area contributed by atoms with Crippen molar-refractivity contribution in [1.29, 1.82) is 0 Å². The molecule has 1 rings (SSSR count). The van der Waals surface area contributed by atoms with Crippen LogP contribution in [0.4, 0.5) is 0 Å². The van der Waals surface area contributed by atoms with Crippen LogP contribution >= 0.6 is 0 Å². The molecule has 3 nitrogen and oxygen atoms in total. The number of methoxy groups -OCH3 is 1. The molecule has 1 fully saturated rings. The maximum Gasteiger partial charge on any atom is 0.0502 e. The normalized spacial score (nSPS) is 22.9. The lowest BCUT2D eigenvalue weighted by atomic mass is 9.99. The van der Waals surface area contributed by atoms with E-state index in [1.54, 1.807) is 7.11 Å². The molecular formula is C12H24N2O. The Morgan fingerprint density at radius 2 is 2.47 bits per heavy atom. The molecule has 0 aromatic carbocycles. The van der Waals surface area contributed by atoms with E-state index in [0.29, 0.717) is 0 Å². The lowest BCUT2D eigenvalue weighted by molar-refractivity contribution is 0.0912. The van der Waals surface area contributed by atoms with Crippen LogP contribution in [-0.2, 0) is 4.74 Å². The minimum Gasteiger partial charge on any atom is -0.384 e. The van der Waals surface area contributed by atoms with Crippen LogP contribution < -0.4 is 5.32 Å². The van der Waals surface area contributed by atoms with Crippen LogP contribution in [0.15, 0.2) is 12.7 Å². The average Bonchev–Trinajstić information content (AvgIpc) is 2.26. The van der Waals surface area contributed by atoms with Crippen molar-refractivity contribution in [2.24, 2.45) is 5.92 Å². The van der Waals surface area contributed by atoms with Gasteiger partial charge in [-0.15, -0.1) is 6.58 Å². The maximum absolute atomic E-state index is 5.22. The van der Waals surface area contributed by atoms with Crippen LogP contribution in [0, 0.1) is 5.92 Å². The molecule has 0 aliphatic carbocycles. The molecule has 1 heterocycles. The number of hydrogen-bond donors (Lipinski definition) is 1. The summed E-state index contributed by atoms with van der Waals surface area (Å²) in [4.78, 5) is 2.53. The van der Waals surface area contributed by atoms with E-state index in [0.717, 1.165) is 32.2 Å². The summed E-state index contributed by atoms with van der Waals surface area (Å²) in [5.41, 5.74) is 0. The molecule has 1 saturated heterocycles. The summed E-state index contributed by atoms with van der Waals surface area (Å²) in [5, 5.41) is 3.34. The number of rotatable bonds is 7. The molecule has 0 aromatic rings. The fraction of sp³-hybridized carbons (Fsp3) is 0.833. The molecule has 1 N–H and O–H groups in total. The molecule has 88 valence electrons. The van der Waals surface area contributed by atoms with Gasteiger partial charge in [0.2, 0.25) is 0 Å². The number of hydrogen-bond acceptors (Lipinski definition) is 3. The average molecular weight is 212 g/mol. The van der Waals surface area contributed by atoms with Crippen LogP contribution in [0.5, 0.6) is 0 Å². The second kappa shape index (κ2) is 7.85. The quantitative estimate of drug-likeness (QED) is 0.505. The SMILES string of the molecule is C=CCNCCN1CCCC(COC)C1. The highest BCUT2D eigenvalue weighted by molar-refractivity contribution is 4.74. The Bertz CT molecular complexity index is 171. The highest BCUT2D eigenvalue weighted by Gasteiger charge is 2.18. The number of nitrogens with zero attached hydrogens (tertiary/aromatic N) is 1. The Hall–Kier alpha value is -0.380. The number of ether oxygens (including phenoxy) is 1. The molecule has 1 aliphatic rings. The van der Waals surface area contributed by atoms with Gasteiger partial charge in [0.05, 0.1) is 6.61 Å². The standard InChI is InChI=1S/C12H24N2O/c1-3-6-13-7-9-14-8-4-5-12(10-14)11-15-2/h3,12-13H,1,4-11H2,2H3. The molecular weight excluding hydrogens is 188 g/mol. The van der Waals surface area contributed by atoms with E-state index in [-0.39, 0.29) is 0 Å². The van der Waals surface area contributed by atoms with Gasteiger partial charge in [-0.25, -0.2) is 0 Å². The van der Waals surface area contributed by atoms with E-state index in [1.165, 1.54) is 25.9 Å². The summed E-state index contributed by atoms with van der Waals surface area (Å²) in [5.74, 6) is 0.739. The number of nitrogens with one attached hydrogen (secondary N) is 1. The zero-order chi connectivity index (χ0) is 10.9. The lowest BCUT2D eigenvalue weighted by Crippen LogP contribution is -2.40. The summed E-state index contributed by atoms with van der Waals surface area (Å²) in [7, 11) is 1.80. The second-order valence-electron chi connectivity index (χ2n) is 4.26. The molecule has 1 unspecified atom stereocenters. The van der Waals surface area contributed by atoms with Crippen LogP contribution in [0.2, 0.25) is 0 Å². The Morgan fingerprint density at radius 1 is 1.60 bits per heavy atom. The molecule has 0 spiro atoms. The zero-order valence-electron chi connectivity index (χ0n) is 9.87. The maximum atomic E-state index is 5.22. The fourth-order valence-electron chi connectivity index (χ4n) is 2.17. The highest BCUT2D eigenvalue weighted by Crippen LogP contribution is 2.15. The van der Waals surface area contributed by atoms with Crippen LogP contribution in [0.3, 0.4) is 0 Å². The molecule has 15 heavy (non-hydrogen) atoms. The summed E-state index contributed by atoms with van der Waals surface area (Å²) in [6, 6.07) is 0. The van der Waals surface area contributed by atoms with Crippen LogP contribution in [0.25, 0.3) is 0 Å². The summed E-state index contributed by atoms with van der Waals surface area (Å²) in [6.07, 6.45) is 4.55. The summed E-state index contributed by atoms with van der Waals surface area (Å²) in [6.45, 7) is 10.2. The third kappa shape index (κ3) is 5.30. The Balaban J connectivity index is 2.09. The van der Waals surface area contributed by atoms with E-state index < -0.39 is 0 Å². The topological polar surface area (TPSA) is 24.5 Å². The largest absolute Gasteiger partial charge is 0.384 e. The monoisotopic (exact) mass is 212 g/mol. The molecule has 0 aromatic heterocycles. The minimum absolute atomic E-state index is 0.739. The Labute approximate surface area is 93.5 Å². The van der Waals surface area contributed by atoms with Crippen molar-refractivity contribution < 1.29 is 4.74 Å². The van der Waals surface area contributed by atoms with Gasteiger partial charge in [-0.1, -0.05) is 6.08 Å². The van der Waals surface area contributed by atoms with E-state index >= 15 is 0 Å². The summed E-state index contributed by atoms with van der Waals surface area (Å²) >= 11 is 0. The van der Waals surface area contributed by atoms with Gasteiger partial charge in [-0.2, -0.15) is 0 Å². The first kappa shape index (κ1) is 12.7. The van der Waals surface area contributed by atoms with Crippen molar-refractivity contribution in [2.75, 3.05) is 46.4 Å². The summed E-state index contributed by atoms with van der Waals surface area (Å²) < 4.78 is 5.22. The zero-order valence-corrected chi connectivity index (χ0v) is 9.87. The van der Waals surface area contributed by atoms with Gasteiger partial charge < -0.3 is 15.0 Å². The van der Waals surface area contributed by atoms with Gasteiger partial charge in [-0.05, 0) is 25.3 Å². The Morgan fingerprint density at radius 3 is 3.20 bits per heavy atom. The van der Waals surface area contributed by atoms with Gasteiger partial charge in [0.1, 0.15) is 0 Å². The van der Waals surface area contributed by atoms with Gasteiger partial charge in [0, 0.05) is 33.3 Å². The van der Waals surface area contributed by atoms with E-state index in [4.69, 9.17) is 4.74 Å². The lowest BCUT2D eigenvalue weighted by Gasteiger charge is -2.32. The van der Waals surface area contributed by atoms with E-state index in [9.17, 15) is 0 Å². The third-order valence-electron chi connectivity index (χ3n) is 2.90. The van der Waals surface area contributed by atoms with Crippen molar-refractivity contribution in [2.45, 2.75) is 12.8 Å². The molecule has 0 radical (unpaired) electrons. The van der Waals surface area contributed by atoms with Gasteiger partial charge in [0.15, 0.2) is 0 Å². The van der Waals surface area contributed by atoms with Crippen molar-refractivity contribution in [3.8, 4) is 0 Å². The molecule has 3 heteroatoms. The van der Waals surface area contributed by atoms with Crippen molar-refractivity contribution in [1.82, 2.24) is 10.2 Å². The minimum atomic E-state index is 0.739. The first-order valence-electron chi connectivity index (χ1n) is 5.89. The third-order valence-corrected chi connectivity index (χ3v) is 2.90. The van der Waals surface area contributed by atoms with Crippen molar-refractivity contribution in [3.63, 3.8) is 0 Å². The number of piperidine rings is 1. The first-order valence-corrected chi connectivity index (χ1v) is 5.89. The smallest absolute Gasteiger partial charge is 0.0502 e. The van der Waals surface area contributed by atoms with Gasteiger partial charge in [0.25, 0.3) is 0 Å². The van der Waals surface area contributed by atoms with Crippen molar-refractivity contribution >= 4 is 0 Å². The van der Waals surface area contributed by atoms with Gasteiger partial charge in [-0.3, -0.25) is 0 Å². The van der Waals surface area contributed by atoms with Gasteiger partial charge >= 0.3 is 0 Å². The predicted octanol–water partition coefficient (Wildman–Crippen LogP) is 1.12. The Kier molecular flexibility index (Phi) is 6.64. The van der Waals surface area contributed by atoms with Crippen molar-refractivity contribution in [3.05, 3.63) is 12.7 Å². The van der Waals surface area contributed by atoms with E-state index in [2.05, 4.69) is 16.8 Å². The molecule has 1 aliphatic heterocycles. The van der Waals surface area contributed by atoms with Crippen LogP contribution in [-0.4, -0.2) is 51.3 Å². The molecule has 0 saturated carbocycles. The van der Waals surface area contributed by atoms with Crippen LogP contribution in [0.1, 0.15) is 12.8 Å². The van der Waals surface area contributed by atoms with E-state index in [1.807, 2.05) is 6.08 Å². The molecule has 1 atom stereocenters. The fourth-order valence-corrected chi connectivity index (χ4v) is 2.17.